The molecule has 19 heavy (non-hydrogen) atoms. The number of benzene rings is 1. The van der Waals surface area contributed by atoms with E-state index >= 15 is 0 Å². The summed E-state index contributed by atoms with van der Waals surface area (Å²) >= 11 is 6.00. The van der Waals surface area contributed by atoms with E-state index < -0.39 is 0 Å². The predicted octanol–water partition coefficient (Wildman–Crippen LogP) is 3.01. The van der Waals surface area contributed by atoms with Crippen molar-refractivity contribution in [2.75, 3.05) is 20.1 Å². The lowest BCUT2D eigenvalue weighted by molar-refractivity contribution is 0.226. The third-order valence-corrected chi connectivity index (χ3v) is 4.17. The predicted molar refractivity (Wildman–Crippen MR) is 80.7 cm³/mol. The summed E-state index contributed by atoms with van der Waals surface area (Å²) in [4.78, 5) is 5.69. The Bertz CT molecular complexity index is 564. The van der Waals surface area contributed by atoms with Crippen LogP contribution in [0, 0.1) is 0 Å². The summed E-state index contributed by atoms with van der Waals surface area (Å²) in [6.45, 7) is 3.29. The zero-order valence-electron chi connectivity index (χ0n) is 11.2. The molecule has 1 aromatic heterocycles. The summed E-state index contributed by atoms with van der Waals surface area (Å²) in [5.41, 5.74) is 2.44. The van der Waals surface area contributed by atoms with Gasteiger partial charge in [-0.15, -0.1) is 0 Å². The van der Waals surface area contributed by atoms with Crippen molar-refractivity contribution in [1.82, 2.24) is 15.2 Å². The van der Waals surface area contributed by atoms with E-state index in [0.717, 1.165) is 23.6 Å². The molecule has 1 unspecified atom stereocenters. The van der Waals surface area contributed by atoms with Crippen LogP contribution in [0.25, 0.3) is 10.9 Å². The van der Waals surface area contributed by atoms with Crippen molar-refractivity contribution in [2.24, 2.45) is 0 Å². The van der Waals surface area contributed by atoms with Gasteiger partial charge in [-0.3, -0.25) is 0 Å². The summed E-state index contributed by atoms with van der Waals surface area (Å²) in [5, 5.41) is 5.71. The Hall–Kier alpha value is -1.03. The number of piperidine rings is 1. The van der Waals surface area contributed by atoms with Gasteiger partial charge in [0.1, 0.15) is 0 Å². The third-order valence-electron chi connectivity index (χ3n) is 3.94. The minimum Gasteiger partial charge on any atom is -0.361 e. The maximum Gasteiger partial charge on any atom is 0.0472 e. The van der Waals surface area contributed by atoms with E-state index in [1.54, 1.807) is 0 Å². The Morgan fingerprint density at radius 2 is 2.37 bits per heavy atom. The number of nitrogens with zero attached hydrogens (tertiary/aromatic N) is 1. The average molecular weight is 278 g/mol. The van der Waals surface area contributed by atoms with Crippen molar-refractivity contribution in [3.05, 3.63) is 35.0 Å². The molecule has 0 saturated carbocycles. The minimum absolute atomic E-state index is 0.607. The molecule has 0 amide bonds. The van der Waals surface area contributed by atoms with Gasteiger partial charge < -0.3 is 15.2 Å². The number of likely N-dealkylation sites (N-methyl/N-ethyl adjacent to an activating group) is 1. The first kappa shape index (κ1) is 13.0. The summed E-state index contributed by atoms with van der Waals surface area (Å²) in [6, 6.07) is 6.64. The molecule has 1 atom stereocenters. The second-order valence-corrected chi connectivity index (χ2v) is 5.92. The van der Waals surface area contributed by atoms with Gasteiger partial charge in [0, 0.05) is 41.3 Å². The first-order chi connectivity index (χ1) is 9.22. The number of nitrogens with one attached hydrogen (secondary N) is 2. The number of fused-ring (bicyclic) bond motifs is 1. The molecule has 2 heterocycles. The topological polar surface area (TPSA) is 31.1 Å². The molecule has 102 valence electrons. The molecular formula is C15H20ClN3. The fraction of sp³-hybridized carbons (Fsp3) is 0.467. The van der Waals surface area contributed by atoms with E-state index in [1.807, 2.05) is 12.1 Å². The van der Waals surface area contributed by atoms with E-state index in [9.17, 15) is 0 Å². The number of H-pyrrole nitrogens is 1. The van der Waals surface area contributed by atoms with Gasteiger partial charge in [0.15, 0.2) is 0 Å². The number of hydrogen-bond donors (Lipinski definition) is 2. The van der Waals surface area contributed by atoms with Crippen LogP contribution in [0.15, 0.2) is 24.4 Å². The Morgan fingerprint density at radius 1 is 1.47 bits per heavy atom. The van der Waals surface area contributed by atoms with Gasteiger partial charge >= 0.3 is 0 Å². The fourth-order valence-electron chi connectivity index (χ4n) is 2.89. The number of likely N-dealkylation sites (tertiary alicyclic amines) is 1. The second-order valence-electron chi connectivity index (χ2n) is 5.49. The van der Waals surface area contributed by atoms with Crippen LogP contribution in [0.2, 0.25) is 5.02 Å². The fourth-order valence-corrected chi connectivity index (χ4v) is 3.06. The van der Waals surface area contributed by atoms with Gasteiger partial charge in [0.2, 0.25) is 0 Å². The highest BCUT2D eigenvalue weighted by atomic mass is 35.5. The van der Waals surface area contributed by atoms with Crippen molar-refractivity contribution in [3.63, 3.8) is 0 Å². The number of halogens is 1. The lowest BCUT2D eigenvalue weighted by Crippen LogP contribution is -2.43. The van der Waals surface area contributed by atoms with Crippen LogP contribution in [0.4, 0.5) is 0 Å². The number of hydrogen-bond acceptors (Lipinski definition) is 2. The van der Waals surface area contributed by atoms with Gasteiger partial charge in [-0.2, -0.15) is 0 Å². The Morgan fingerprint density at radius 3 is 3.21 bits per heavy atom. The molecule has 1 aromatic carbocycles. The molecule has 3 nitrogen and oxygen atoms in total. The molecular weight excluding hydrogens is 258 g/mol. The highest BCUT2D eigenvalue weighted by molar-refractivity contribution is 6.31. The average Bonchev–Trinajstić information content (AvgIpc) is 2.78. The standard InChI is InChI=1S/C15H20ClN3/c1-19-6-2-3-13(10-19)17-8-11-9-18-15-7-12(16)4-5-14(11)15/h4-5,7,9,13,17-18H,2-3,6,8,10H2,1H3. The molecule has 2 N–H and O–H groups in total. The quantitative estimate of drug-likeness (QED) is 0.904. The van der Waals surface area contributed by atoms with Gasteiger partial charge in [0.25, 0.3) is 0 Å². The van der Waals surface area contributed by atoms with E-state index in [-0.39, 0.29) is 0 Å². The largest absolute Gasteiger partial charge is 0.361 e. The maximum absolute atomic E-state index is 6.00. The molecule has 0 aliphatic carbocycles. The van der Waals surface area contributed by atoms with Crippen molar-refractivity contribution in [3.8, 4) is 0 Å². The summed E-state index contributed by atoms with van der Waals surface area (Å²) in [5.74, 6) is 0. The van der Waals surface area contributed by atoms with Gasteiger partial charge in [-0.05, 0) is 44.1 Å². The first-order valence-corrected chi connectivity index (χ1v) is 7.27. The lowest BCUT2D eigenvalue weighted by Gasteiger charge is -2.30. The molecule has 1 saturated heterocycles. The molecule has 1 aliphatic rings. The summed E-state index contributed by atoms with van der Waals surface area (Å²) in [7, 11) is 2.20. The smallest absolute Gasteiger partial charge is 0.0472 e. The number of aromatic amines is 1. The first-order valence-electron chi connectivity index (χ1n) is 6.90. The number of rotatable bonds is 3. The Labute approximate surface area is 118 Å². The van der Waals surface area contributed by atoms with Crippen LogP contribution in [0.3, 0.4) is 0 Å². The Kier molecular flexibility index (Phi) is 3.78. The number of aromatic nitrogens is 1. The van der Waals surface area contributed by atoms with Crippen LogP contribution in [-0.4, -0.2) is 36.1 Å². The zero-order chi connectivity index (χ0) is 13.2. The van der Waals surface area contributed by atoms with Crippen molar-refractivity contribution in [1.29, 1.82) is 0 Å². The summed E-state index contributed by atoms with van der Waals surface area (Å²) < 4.78 is 0. The van der Waals surface area contributed by atoms with Crippen LogP contribution < -0.4 is 5.32 Å². The second kappa shape index (κ2) is 5.53. The molecule has 1 fully saturated rings. The van der Waals surface area contributed by atoms with Gasteiger partial charge in [-0.25, -0.2) is 0 Å². The molecule has 1 aliphatic heterocycles. The van der Waals surface area contributed by atoms with Crippen molar-refractivity contribution < 1.29 is 0 Å². The molecule has 2 aromatic rings. The molecule has 4 heteroatoms. The maximum atomic E-state index is 6.00. The normalized spacial score (nSPS) is 21.1. The minimum atomic E-state index is 0.607. The van der Waals surface area contributed by atoms with Crippen LogP contribution >= 0.6 is 11.6 Å². The van der Waals surface area contributed by atoms with Crippen molar-refractivity contribution >= 4 is 22.5 Å². The zero-order valence-corrected chi connectivity index (χ0v) is 12.0. The Balaban J connectivity index is 1.68. The highest BCUT2D eigenvalue weighted by Crippen LogP contribution is 2.22. The van der Waals surface area contributed by atoms with E-state index in [2.05, 4.69) is 34.5 Å². The van der Waals surface area contributed by atoms with E-state index in [4.69, 9.17) is 11.6 Å². The van der Waals surface area contributed by atoms with Gasteiger partial charge in [-0.1, -0.05) is 17.7 Å². The van der Waals surface area contributed by atoms with Crippen LogP contribution in [0.5, 0.6) is 0 Å². The SMILES string of the molecule is CN1CCCC(NCc2c[nH]c3cc(Cl)ccc23)C1. The van der Waals surface area contributed by atoms with E-state index in [0.29, 0.717) is 6.04 Å². The molecule has 0 radical (unpaired) electrons. The highest BCUT2D eigenvalue weighted by Gasteiger charge is 2.16. The lowest BCUT2D eigenvalue weighted by atomic mass is 10.1. The van der Waals surface area contributed by atoms with Crippen molar-refractivity contribution in [2.45, 2.75) is 25.4 Å². The van der Waals surface area contributed by atoms with Gasteiger partial charge in [0.05, 0.1) is 0 Å². The summed E-state index contributed by atoms with van der Waals surface area (Å²) in [6.07, 6.45) is 4.65. The molecule has 0 bridgehead atoms. The van der Waals surface area contributed by atoms with Crippen LogP contribution in [-0.2, 0) is 6.54 Å². The van der Waals surface area contributed by atoms with E-state index in [1.165, 1.54) is 30.3 Å². The monoisotopic (exact) mass is 277 g/mol. The molecule has 3 rings (SSSR count). The van der Waals surface area contributed by atoms with Crippen LogP contribution in [0.1, 0.15) is 18.4 Å². The molecule has 0 spiro atoms. The third kappa shape index (κ3) is 2.94.